The van der Waals surface area contributed by atoms with Crippen LogP contribution >= 0.6 is 7.14 Å². The van der Waals surface area contributed by atoms with Crippen LogP contribution in [-0.2, 0) is 25.3 Å². The largest absolute Gasteiger partial charge is 0.494 e. The number of allylic oxidation sites excluding steroid dienone is 5. The van der Waals surface area contributed by atoms with Gasteiger partial charge < -0.3 is 48.9 Å². The molecule has 5 aliphatic heterocycles. The van der Waals surface area contributed by atoms with Gasteiger partial charge >= 0.3 is 5.97 Å². The second kappa shape index (κ2) is 26.4. The number of imidazole rings is 1. The van der Waals surface area contributed by atoms with Gasteiger partial charge in [0.25, 0.3) is 0 Å². The van der Waals surface area contributed by atoms with Gasteiger partial charge in [-0.15, -0.1) is 0 Å². The number of benzene rings is 6. The number of Topliss-reactive ketones (excluding diaryl/α,β-unsaturated/α-hetero) is 1. The van der Waals surface area contributed by atoms with Crippen molar-refractivity contribution in [3.05, 3.63) is 189 Å². The molecule has 13 rings (SSSR count). The summed E-state index contributed by atoms with van der Waals surface area (Å²) in [7, 11) is -1.87. The second-order valence-corrected chi connectivity index (χ2v) is 26.5. The molecule has 0 radical (unpaired) electrons. The number of carboxylic acids is 1. The highest BCUT2D eigenvalue weighted by Crippen LogP contribution is 2.62. The lowest BCUT2D eigenvalue weighted by Crippen LogP contribution is -2.48. The molecule has 3 fully saturated rings. The van der Waals surface area contributed by atoms with Crippen LogP contribution in [0.2, 0.25) is 0 Å². The van der Waals surface area contributed by atoms with Crippen LogP contribution in [0.4, 0.5) is 39.0 Å². The van der Waals surface area contributed by atoms with Gasteiger partial charge in [0.15, 0.2) is 37.6 Å². The number of aromatic carboxylic acids is 1. The summed E-state index contributed by atoms with van der Waals surface area (Å²) in [6.07, 6.45) is 3.21. The molecule has 1 aromatic heterocycles. The van der Waals surface area contributed by atoms with Crippen molar-refractivity contribution in [2.45, 2.75) is 44.4 Å². The first kappa shape index (κ1) is 62.0. The zero-order valence-electron chi connectivity index (χ0n) is 50.5. The van der Waals surface area contributed by atoms with Crippen molar-refractivity contribution in [1.82, 2.24) is 20.2 Å². The van der Waals surface area contributed by atoms with E-state index in [4.69, 9.17) is 24.2 Å². The number of hydrogen-bond donors (Lipinski definition) is 3. The number of alkyl halides is 2. The predicted molar refractivity (Wildman–Crippen MR) is 344 cm³/mol. The number of nitrogens with one attached hydrogen (secondary N) is 2. The zero-order chi connectivity index (χ0) is 63.8. The Labute approximate surface area is 527 Å². The van der Waals surface area contributed by atoms with E-state index in [0.29, 0.717) is 41.9 Å². The first-order chi connectivity index (χ1) is 44.6. The Bertz CT molecular complexity index is 4280. The van der Waals surface area contributed by atoms with Gasteiger partial charge in [-0.25, -0.2) is 36.3 Å². The number of aliphatic imine (C=N–C) groups is 1. The summed E-state index contributed by atoms with van der Waals surface area (Å²) in [6.45, 7) is 5.13. The number of carboxylic acid groups (broad SMARTS) is 1. The molecule has 3 saturated heterocycles. The van der Waals surface area contributed by atoms with Crippen molar-refractivity contribution in [3.8, 4) is 17.1 Å². The molecule has 0 spiro atoms. The monoisotopic (exact) mass is 1270 g/mol. The normalized spacial score (nSPS) is 18.7. The Morgan fingerprint density at radius 3 is 2.22 bits per heavy atom. The van der Waals surface area contributed by atoms with Gasteiger partial charge in [-0.1, -0.05) is 36.4 Å². The lowest BCUT2D eigenvalue weighted by Gasteiger charge is -2.39. The third-order valence-electron chi connectivity index (χ3n) is 17.7. The molecule has 16 nitrogen and oxygen atoms in total. The van der Waals surface area contributed by atoms with Crippen LogP contribution in [0.1, 0.15) is 68.7 Å². The Morgan fingerprint density at radius 2 is 1.47 bits per heavy atom. The van der Waals surface area contributed by atoms with Gasteiger partial charge in [0.05, 0.1) is 67.5 Å². The van der Waals surface area contributed by atoms with Gasteiger partial charge in [0.1, 0.15) is 29.1 Å². The van der Waals surface area contributed by atoms with Crippen molar-refractivity contribution in [2.75, 3.05) is 109 Å². The molecule has 1 atom stereocenters. The van der Waals surface area contributed by atoms with Gasteiger partial charge in [-0.2, -0.15) is 0 Å². The van der Waals surface area contributed by atoms with E-state index in [-0.39, 0.29) is 105 Å². The fraction of sp³-hybridized carbons (Fsp3) is 0.314. The molecule has 0 saturated carbocycles. The molecule has 7 aromatic rings. The fourth-order valence-corrected chi connectivity index (χ4v) is 15.7. The molecule has 474 valence electrons. The number of aromatic nitrogens is 2. The quantitative estimate of drug-likeness (QED) is 0.0138. The molecule has 1 unspecified atom stereocenters. The molecular formula is C70H67F5N8O8P+. The van der Waals surface area contributed by atoms with E-state index in [2.05, 4.69) is 57.5 Å². The molecule has 6 heterocycles. The molecular weight excluding hydrogens is 1210 g/mol. The molecule has 92 heavy (non-hydrogen) atoms. The summed E-state index contributed by atoms with van der Waals surface area (Å²) in [5, 5.41) is 13.9. The fourth-order valence-electron chi connectivity index (χ4n) is 12.7. The van der Waals surface area contributed by atoms with Crippen LogP contribution in [-0.4, -0.2) is 165 Å². The number of halogens is 5. The molecule has 22 heteroatoms. The maximum absolute atomic E-state index is 17.5. The minimum atomic E-state index is -4.03. The lowest BCUT2D eigenvalue weighted by atomic mass is 9.84. The summed E-state index contributed by atoms with van der Waals surface area (Å²) in [6, 6.07) is 33.5. The van der Waals surface area contributed by atoms with Crippen molar-refractivity contribution in [3.63, 3.8) is 0 Å². The number of fused-ring (bicyclic) bond motifs is 4. The predicted octanol–water partition coefficient (Wildman–Crippen LogP) is 10.3. The summed E-state index contributed by atoms with van der Waals surface area (Å²) in [4.78, 5) is 59.3. The van der Waals surface area contributed by atoms with Crippen LogP contribution in [0.15, 0.2) is 143 Å². The highest BCUT2D eigenvalue weighted by Gasteiger charge is 2.47. The van der Waals surface area contributed by atoms with Crippen LogP contribution in [0, 0.1) is 17.5 Å². The Morgan fingerprint density at radius 1 is 0.750 bits per heavy atom. The number of ketones is 1. The number of likely N-dealkylation sites (N-methyl/N-ethyl adjacent to an activating group) is 1. The molecule has 6 aromatic carbocycles. The highest BCUT2D eigenvalue weighted by atomic mass is 31.2. The SMILES string of the molecule is CN1CCN(c2ccc3nc(-c4ccc5c(c4)CC(c4ccc(OCCCC(=O)NCCOCCOCCCC(=O)c6c(F)c(F)c(C(=O)O)c(C7=C8C=CC(=[N+]9CC(F)C9)C=C8P(=O)(c8ccccc8)c8cc(N9CC(F)C9)ccc87)c6F)cc4)=N5)[nH]c3c2)CC1. The number of nitrogens with zero attached hydrogens (tertiary/aromatic N) is 6. The topological polar surface area (TPSA) is 182 Å². The highest BCUT2D eigenvalue weighted by molar-refractivity contribution is 7.83. The minimum absolute atomic E-state index is 0.0314. The van der Waals surface area contributed by atoms with E-state index in [1.54, 1.807) is 64.1 Å². The number of aromatic amines is 1. The van der Waals surface area contributed by atoms with Crippen LogP contribution < -0.4 is 30.5 Å². The first-order valence-corrected chi connectivity index (χ1v) is 32.7. The molecule has 6 aliphatic rings. The molecule has 3 N–H and O–H groups in total. The average Bonchev–Trinajstić information content (AvgIpc) is 0.853. The Hall–Kier alpha value is -8.88. The number of rotatable bonds is 23. The zero-order valence-corrected chi connectivity index (χ0v) is 51.4. The van der Waals surface area contributed by atoms with Crippen molar-refractivity contribution < 1.29 is 64.8 Å². The Kier molecular flexibility index (Phi) is 17.8. The number of H-pyrrole nitrogens is 1. The van der Waals surface area contributed by atoms with Crippen molar-refractivity contribution >= 4 is 80.5 Å². The molecule has 0 bridgehead atoms. The number of amides is 1. The van der Waals surface area contributed by atoms with Crippen LogP contribution in [0.25, 0.3) is 28.0 Å². The first-order valence-electron chi connectivity index (χ1n) is 31.0. The van der Waals surface area contributed by atoms with Crippen LogP contribution in [0.5, 0.6) is 5.75 Å². The van der Waals surface area contributed by atoms with Gasteiger partial charge in [0.2, 0.25) is 17.8 Å². The van der Waals surface area contributed by atoms with E-state index in [1.807, 2.05) is 30.3 Å². The smallest absolute Gasteiger partial charge is 0.339 e. The number of carbonyl (C=O) groups excluding carboxylic acids is 2. The van der Waals surface area contributed by atoms with Crippen molar-refractivity contribution in [2.24, 2.45) is 4.99 Å². The van der Waals surface area contributed by atoms with Crippen molar-refractivity contribution in [1.29, 1.82) is 0 Å². The summed E-state index contributed by atoms with van der Waals surface area (Å²) < 4.78 is 113. The number of anilines is 2. The van der Waals surface area contributed by atoms with Gasteiger partial charge in [-0.05, 0) is 121 Å². The lowest BCUT2D eigenvalue weighted by molar-refractivity contribution is -0.599. The third kappa shape index (κ3) is 12.4. The number of carbonyl (C=O) groups is 3. The maximum atomic E-state index is 17.5. The van der Waals surface area contributed by atoms with E-state index in [9.17, 15) is 28.3 Å². The summed E-state index contributed by atoms with van der Waals surface area (Å²) >= 11 is 0. The Balaban J connectivity index is 0.567. The molecule has 1 aliphatic carbocycles. The van der Waals surface area contributed by atoms with Crippen LogP contribution in [0.3, 0.4) is 0 Å². The minimum Gasteiger partial charge on any atom is -0.494 e. The van der Waals surface area contributed by atoms with Gasteiger partial charge in [-0.3, -0.25) is 14.6 Å². The molecule has 1 amide bonds. The van der Waals surface area contributed by atoms with E-state index in [0.717, 1.165) is 71.1 Å². The van der Waals surface area contributed by atoms with Gasteiger partial charge in [0, 0.05) is 115 Å². The summed E-state index contributed by atoms with van der Waals surface area (Å²) in [5.41, 5.74) is 5.34. The average molecular weight is 1270 g/mol. The second-order valence-electron chi connectivity index (χ2n) is 23.8. The number of ether oxygens (including phenoxy) is 3. The standard InChI is InChI=1S/C70H66F5N8O8P/c1-80-24-26-81(27-25-80)47-16-22-55-57(35-47)79-69(78-55)43-13-21-54-44(33-43)34-56(77-54)42-11-17-50(18-12-42)91-29-6-10-61(85)76-23-30-90-32-31-89-28-5-9-58(84)63-66(73)64(65(70(86)87)68(75)67(63)74)62-52-19-14-48(82-38-45(71)39-82)36-59(52)92(88,51-7-3-2-4-8-51)60-37-49(15-20-53(60)62)83-40-46(72)41-83/h2-4,7-8,11-22,33,35-37,45-46H,5-6,9-10,23-32,34,38-41H2,1H3,(H2-,76,78,79,85,86,87)/p+1. The summed E-state index contributed by atoms with van der Waals surface area (Å²) in [5.74, 6) is -7.42. The van der Waals surface area contributed by atoms with E-state index in [1.165, 1.54) is 17.8 Å². The maximum Gasteiger partial charge on any atom is 0.339 e. The number of piperazine rings is 1. The van der Waals surface area contributed by atoms with E-state index >= 15 is 17.7 Å². The third-order valence-corrected chi connectivity index (χ3v) is 20.8. The van der Waals surface area contributed by atoms with E-state index < -0.39 is 71.8 Å². The number of hydrogen-bond acceptors (Lipinski definition) is 12.